The maximum Gasteiger partial charge on any atom is 0.341 e. The summed E-state index contributed by atoms with van der Waals surface area (Å²) in [5.41, 5.74) is 1.90. The van der Waals surface area contributed by atoms with Gasteiger partial charge in [0.15, 0.2) is 11.5 Å². The summed E-state index contributed by atoms with van der Waals surface area (Å²) in [6.07, 6.45) is 1.12. The molecule has 11 heteroatoms. The van der Waals surface area contributed by atoms with Crippen molar-refractivity contribution in [1.29, 1.82) is 0 Å². The number of fused-ring (bicyclic) bond motifs is 1. The van der Waals surface area contributed by atoms with Gasteiger partial charge in [0, 0.05) is 38.1 Å². The van der Waals surface area contributed by atoms with Crippen molar-refractivity contribution in [2.24, 2.45) is 13.0 Å². The smallest absolute Gasteiger partial charge is 0.341 e. The van der Waals surface area contributed by atoms with Gasteiger partial charge in [0.05, 0.1) is 12.5 Å². The quantitative estimate of drug-likeness (QED) is 0.574. The largest absolute Gasteiger partial charge is 0.462 e. The predicted octanol–water partition coefficient (Wildman–Crippen LogP) is 2.26. The van der Waals surface area contributed by atoms with E-state index in [4.69, 9.17) is 14.2 Å². The standard InChI is InChI=1S/C24H31N3O7S/c1-5-32-24(29)21-15(2)26(4)16(3)22(21)35(30,31)27-10-6-7-18(13-27)23(28)25-12-17-8-9-19-20(11-17)34-14-33-19/h8-9,11,18H,5-7,10,12-14H2,1-4H3,(H,25,28)/t18-/m1/s1. The number of benzene rings is 1. The molecule has 2 aliphatic heterocycles. The molecule has 1 saturated heterocycles. The van der Waals surface area contributed by atoms with Crippen LogP contribution in [0.2, 0.25) is 0 Å². The number of carbonyl (C=O) groups is 2. The van der Waals surface area contributed by atoms with Crippen molar-refractivity contribution in [1.82, 2.24) is 14.2 Å². The minimum atomic E-state index is -4.03. The molecule has 0 spiro atoms. The molecule has 0 aliphatic carbocycles. The zero-order chi connectivity index (χ0) is 25.3. The van der Waals surface area contributed by atoms with Crippen molar-refractivity contribution in [3.05, 3.63) is 40.7 Å². The Bertz CT molecular complexity index is 1250. The SMILES string of the molecule is CCOC(=O)c1c(S(=O)(=O)N2CCC[C@@H](C(=O)NCc3ccc4c(c3)OCO4)C2)c(C)n(C)c1C. The molecule has 1 atom stereocenters. The lowest BCUT2D eigenvalue weighted by molar-refractivity contribution is -0.126. The zero-order valence-electron chi connectivity index (χ0n) is 20.4. The fourth-order valence-electron chi connectivity index (χ4n) is 4.56. The number of esters is 1. The number of rotatable bonds is 7. The summed E-state index contributed by atoms with van der Waals surface area (Å²) < 4.78 is 46.2. The summed E-state index contributed by atoms with van der Waals surface area (Å²) in [6, 6.07) is 5.46. The van der Waals surface area contributed by atoms with Gasteiger partial charge in [-0.25, -0.2) is 13.2 Å². The van der Waals surface area contributed by atoms with Gasteiger partial charge in [0.2, 0.25) is 22.7 Å². The number of carbonyl (C=O) groups excluding carboxylic acids is 2. The van der Waals surface area contributed by atoms with Crippen LogP contribution in [0.1, 0.15) is 47.1 Å². The lowest BCUT2D eigenvalue weighted by Crippen LogP contribution is -2.45. The third-order valence-electron chi connectivity index (χ3n) is 6.66. The van der Waals surface area contributed by atoms with Gasteiger partial charge in [0.1, 0.15) is 10.5 Å². The van der Waals surface area contributed by atoms with Crippen LogP contribution in [0.4, 0.5) is 0 Å². The van der Waals surface area contributed by atoms with Crippen LogP contribution in [0.25, 0.3) is 0 Å². The molecular formula is C24H31N3O7S. The topological polar surface area (TPSA) is 116 Å². The maximum absolute atomic E-state index is 13.7. The number of nitrogens with one attached hydrogen (secondary N) is 1. The zero-order valence-corrected chi connectivity index (χ0v) is 21.2. The lowest BCUT2D eigenvalue weighted by atomic mass is 9.98. The number of piperidine rings is 1. The molecule has 4 rings (SSSR count). The highest BCUT2D eigenvalue weighted by Crippen LogP contribution is 2.33. The molecule has 0 radical (unpaired) electrons. The number of sulfonamides is 1. The van der Waals surface area contributed by atoms with Gasteiger partial charge in [0.25, 0.3) is 0 Å². The molecule has 1 amide bonds. The predicted molar refractivity (Wildman–Crippen MR) is 127 cm³/mol. The Balaban J connectivity index is 1.50. The summed E-state index contributed by atoms with van der Waals surface area (Å²) in [5, 5.41) is 2.91. The van der Waals surface area contributed by atoms with E-state index in [1.165, 1.54) is 4.31 Å². The van der Waals surface area contributed by atoms with Crippen molar-refractivity contribution >= 4 is 21.9 Å². The number of hydrogen-bond acceptors (Lipinski definition) is 7. The van der Waals surface area contributed by atoms with Crippen LogP contribution < -0.4 is 14.8 Å². The van der Waals surface area contributed by atoms with Gasteiger partial charge in [-0.2, -0.15) is 4.31 Å². The van der Waals surface area contributed by atoms with E-state index < -0.39 is 21.9 Å². The highest BCUT2D eigenvalue weighted by Gasteiger charge is 2.39. The molecule has 3 heterocycles. The summed E-state index contributed by atoms with van der Waals surface area (Å²) in [7, 11) is -2.31. The number of ether oxygens (including phenoxy) is 3. The fourth-order valence-corrected chi connectivity index (χ4v) is 6.57. The third-order valence-corrected chi connectivity index (χ3v) is 8.69. The molecule has 1 aromatic carbocycles. The van der Waals surface area contributed by atoms with Gasteiger partial charge in [-0.3, -0.25) is 4.79 Å². The maximum atomic E-state index is 13.7. The number of amides is 1. The van der Waals surface area contributed by atoms with Gasteiger partial charge >= 0.3 is 5.97 Å². The molecule has 190 valence electrons. The van der Waals surface area contributed by atoms with E-state index in [1.54, 1.807) is 38.5 Å². The fraction of sp³-hybridized carbons (Fsp3) is 0.500. The van der Waals surface area contributed by atoms with Crippen LogP contribution in [0.5, 0.6) is 11.5 Å². The molecular weight excluding hydrogens is 474 g/mol. The Labute approximate surface area is 205 Å². The monoisotopic (exact) mass is 505 g/mol. The van der Waals surface area contributed by atoms with Crippen molar-refractivity contribution < 1.29 is 32.2 Å². The van der Waals surface area contributed by atoms with Crippen molar-refractivity contribution in [3.8, 4) is 11.5 Å². The van der Waals surface area contributed by atoms with E-state index in [0.717, 1.165) is 5.56 Å². The molecule has 35 heavy (non-hydrogen) atoms. The molecule has 2 aromatic rings. The molecule has 2 aliphatic rings. The van der Waals surface area contributed by atoms with Gasteiger partial charge < -0.3 is 24.1 Å². The third kappa shape index (κ3) is 4.74. The Hall–Kier alpha value is -3.05. The number of nitrogens with zero attached hydrogens (tertiary/aromatic N) is 2. The second-order valence-electron chi connectivity index (χ2n) is 8.76. The van der Waals surface area contributed by atoms with E-state index in [-0.39, 0.29) is 42.9 Å². The second kappa shape index (κ2) is 9.90. The first-order valence-corrected chi connectivity index (χ1v) is 13.1. The molecule has 1 aromatic heterocycles. The molecule has 10 nitrogen and oxygen atoms in total. The lowest BCUT2D eigenvalue weighted by Gasteiger charge is -2.31. The van der Waals surface area contributed by atoms with Crippen LogP contribution in [0, 0.1) is 19.8 Å². The summed E-state index contributed by atoms with van der Waals surface area (Å²) in [5.74, 6) is -0.0698. The first kappa shape index (κ1) is 25.1. The molecule has 1 N–H and O–H groups in total. The van der Waals surface area contributed by atoms with Crippen molar-refractivity contribution in [3.63, 3.8) is 0 Å². The van der Waals surface area contributed by atoms with Crippen LogP contribution in [0.15, 0.2) is 23.1 Å². The molecule has 0 unspecified atom stereocenters. The van der Waals surface area contributed by atoms with Gasteiger partial charge in [-0.1, -0.05) is 6.07 Å². The van der Waals surface area contributed by atoms with Crippen LogP contribution in [-0.2, 0) is 33.1 Å². The highest BCUT2D eigenvalue weighted by molar-refractivity contribution is 7.89. The minimum absolute atomic E-state index is 0.0441. The summed E-state index contributed by atoms with van der Waals surface area (Å²) >= 11 is 0. The van der Waals surface area contributed by atoms with Crippen LogP contribution >= 0.6 is 0 Å². The Morgan fingerprint density at radius 2 is 1.91 bits per heavy atom. The van der Waals surface area contributed by atoms with Crippen LogP contribution in [-0.4, -0.2) is 55.7 Å². The van der Waals surface area contributed by atoms with Gasteiger partial charge in [-0.05, 0) is 51.3 Å². The normalized spacial score (nSPS) is 17.9. The first-order chi connectivity index (χ1) is 16.6. The van der Waals surface area contributed by atoms with E-state index in [1.807, 2.05) is 12.1 Å². The van der Waals surface area contributed by atoms with Gasteiger partial charge in [-0.15, -0.1) is 0 Å². The summed E-state index contributed by atoms with van der Waals surface area (Å²) in [4.78, 5) is 25.5. The minimum Gasteiger partial charge on any atom is -0.462 e. The van der Waals surface area contributed by atoms with Crippen molar-refractivity contribution in [2.75, 3.05) is 26.5 Å². The first-order valence-electron chi connectivity index (χ1n) is 11.6. The Morgan fingerprint density at radius 1 is 1.17 bits per heavy atom. The molecule has 0 bridgehead atoms. The number of hydrogen-bond donors (Lipinski definition) is 1. The summed E-state index contributed by atoms with van der Waals surface area (Å²) in [6.45, 7) is 5.98. The molecule has 0 saturated carbocycles. The molecule has 1 fully saturated rings. The number of aromatic nitrogens is 1. The van der Waals surface area contributed by atoms with E-state index in [9.17, 15) is 18.0 Å². The Morgan fingerprint density at radius 3 is 2.66 bits per heavy atom. The average Bonchev–Trinajstić information content (AvgIpc) is 3.40. The highest BCUT2D eigenvalue weighted by atomic mass is 32.2. The van der Waals surface area contributed by atoms with Crippen molar-refractivity contribution in [2.45, 2.75) is 45.1 Å². The van der Waals surface area contributed by atoms with E-state index in [2.05, 4.69) is 5.32 Å². The second-order valence-corrected chi connectivity index (χ2v) is 10.6. The van der Waals surface area contributed by atoms with E-state index >= 15 is 0 Å². The Kier molecular flexibility index (Phi) is 7.09. The van der Waals surface area contributed by atoms with Crippen LogP contribution in [0.3, 0.4) is 0 Å². The van der Waals surface area contributed by atoms with E-state index in [0.29, 0.717) is 42.3 Å². The average molecular weight is 506 g/mol.